The average Bonchev–Trinajstić information content (AvgIpc) is 2.00. The van der Waals surface area contributed by atoms with E-state index >= 15 is 0 Å². The van der Waals surface area contributed by atoms with Crippen molar-refractivity contribution in [2.75, 3.05) is 13.3 Å². The molecule has 4 nitrogen and oxygen atoms in total. The van der Waals surface area contributed by atoms with Crippen LogP contribution in [0.1, 0.15) is 0 Å². The van der Waals surface area contributed by atoms with E-state index < -0.39 is 31.3 Å². The summed E-state index contributed by atoms with van der Waals surface area (Å²) in [7, 11) is 0. The van der Waals surface area contributed by atoms with Gasteiger partial charge in [-0.05, 0) is 0 Å². The molecule has 0 fully saturated rings. The zero-order valence-electron chi connectivity index (χ0n) is 5.20. The summed E-state index contributed by atoms with van der Waals surface area (Å²) in [6, 6.07) is 0. The van der Waals surface area contributed by atoms with Crippen molar-refractivity contribution < 1.29 is 24.5 Å². The SMILES string of the molecule is O=C(C(O)CO)C(O)CF. The summed E-state index contributed by atoms with van der Waals surface area (Å²) in [5, 5.41) is 25.1. The van der Waals surface area contributed by atoms with E-state index in [1.807, 2.05) is 0 Å². The van der Waals surface area contributed by atoms with Crippen molar-refractivity contribution in [2.24, 2.45) is 0 Å². The predicted octanol–water partition coefficient (Wildman–Crippen LogP) is -1.76. The van der Waals surface area contributed by atoms with Gasteiger partial charge in [0.1, 0.15) is 18.9 Å². The fourth-order valence-electron chi connectivity index (χ4n) is 0.388. The summed E-state index contributed by atoms with van der Waals surface area (Å²) in [5.41, 5.74) is 0. The number of hydrogen-bond donors (Lipinski definition) is 3. The Morgan fingerprint density at radius 2 is 1.90 bits per heavy atom. The lowest BCUT2D eigenvalue weighted by molar-refractivity contribution is -0.138. The van der Waals surface area contributed by atoms with Crippen LogP contribution in [0.2, 0.25) is 0 Å². The highest BCUT2D eigenvalue weighted by Gasteiger charge is 2.22. The quantitative estimate of drug-likeness (QED) is 0.446. The van der Waals surface area contributed by atoms with E-state index in [1.165, 1.54) is 0 Å². The number of carbonyl (C=O) groups excluding carboxylic acids is 1. The van der Waals surface area contributed by atoms with Gasteiger partial charge in [-0.3, -0.25) is 4.79 Å². The standard InChI is InChI=1S/C5H9FO4/c6-1-3(8)5(10)4(9)2-7/h3-4,7-9H,1-2H2. The van der Waals surface area contributed by atoms with Gasteiger partial charge < -0.3 is 15.3 Å². The van der Waals surface area contributed by atoms with Crippen LogP contribution in [-0.4, -0.2) is 46.6 Å². The van der Waals surface area contributed by atoms with Gasteiger partial charge in [0.05, 0.1) is 6.61 Å². The molecule has 2 atom stereocenters. The summed E-state index contributed by atoms with van der Waals surface area (Å²) in [5.74, 6) is -1.09. The minimum atomic E-state index is -1.82. The van der Waals surface area contributed by atoms with Gasteiger partial charge in [0, 0.05) is 0 Å². The number of alkyl halides is 1. The second-order valence-corrected chi connectivity index (χ2v) is 1.77. The van der Waals surface area contributed by atoms with Crippen LogP contribution in [0.25, 0.3) is 0 Å². The summed E-state index contributed by atoms with van der Waals surface area (Å²) in [4.78, 5) is 10.4. The summed E-state index contributed by atoms with van der Waals surface area (Å²) >= 11 is 0. The van der Waals surface area contributed by atoms with Crippen molar-refractivity contribution in [3.8, 4) is 0 Å². The number of aliphatic hydroxyl groups excluding tert-OH is 3. The van der Waals surface area contributed by atoms with Crippen molar-refractivity contribution >= 4 is 5.78 Å². The van der Waals surface area contributed by atoms with Crippen molar-refractivity contribution in [3.05, 3.63) is 0 Å². The second-order valence-electron chi connectivity index (χ2n) is 1.77. The molecule has 0 bridgehead atoms. The first-order chi connectivity index (χ1) is 4.63. The molecule has 0 spiro atoms. The van der Waals surface area contributed by atoms with Crippen LogP contribution in [-0.2, 0) is 4.79 Å². The van der Waals surface area contributed by atoms with E-state index in [2.05, 4.69) is 0 Å². The lowest BCUT2D eigenvalue weighted by Crippen LogP contribution is -2.35. The molecule has 0 heterocycles. The van der Waals surface area contributed by atoms with Gasteiger partial charge in [-0.1, -0.05) is 0 Å². The molecule has 0 aromatic heterocycles. The molecule has 3 N–H and O–H groups in total. The van der Waals surface area contributed by atoms with Gasteiger partial charge >= 0.3 is 0 Å². The zero-order chi connectivity index (χ0) is 8.15. The highest BCUT2D eigenvalue weighted by Crippen LogP contribution is 1.92. The first-order valence-corrected chi connectivity index (χ1v) is 2.70. The highest BCUT2D eigenvalue weighted by molar-refractivity contribution is 5.87. The number of Topliss-reactive ketones (excluding diaryl/α,β-unsaturated/α-hetero) is 1. The molecule has 0 radical (unpaired) electrons. The number of hydrogen-bond acceptors (Lipinski definition) is 4. The fourth-order valence-corrected chi connectivity index (χ4v) is 0.388. The van der Waals surface area contributed by atoms with Gasteiger partial charge in [0.25, 0.3) is 0 Å². The smallest absolute Gasteiger partial charge is 0.194 e. The van der Waals surface area contributed by atoms with Gasteiger partial charge in [0.2, 0.25) is 0 Å². The first-order valence-electron chi connectivity index (χ1n) is 2.70. The lowest BCUT2D eigenvalue weighted by atomic mass is 10.1. The largest absolute Gasteiger partial charge is 0.393 e. The van der Waals surface area contributed by atoms with Crippen LogP contribution in [0.5, 0.6) is 0 Å². The van der Waals surface area contributed by atoms with Crippen LogP contribution in [0.15, 0.2) is 0 Å². The molecule has 0 aliphatic rings. The molecule has 0 aromatic carbocycles. The van der Waals surface area contributed by atoms with Crippen LogP contribution >= 0.6 is 0 Å². The van der Waals surface area contributed by atoms with Crippen LogP contribution in [0.4, 0.5) is 4.39 Å². The number of halogens is 1. The maximum absolute atomic E-state index is 11.5. The fraction of sp³-hybridized carbons (Fsp3) is 0.800. The molecule has 60 valence electrons. The number of ketones is 1. The third-order valence-electron chi connectivity index (χ3n) is 0.976. The molecular formula is C5H9FO4. The molecular weight excluding hydrogens is 143 g/mol. The Bertz CT molecular complexity index is 104. The van der Waals surface area contributed by atoms with E-state index in [0.29, 0.717) is 0 Å². The lowest BCUT2D eigenvalue weighted by Gasteiger charge is -2.08. The maximum Gasteiger partial charge on any atom is 0.194 e. The molecule has 0 aromatic rings. The molecule has 10 heavy (non-hydrogen) atoms. The third kappa shape index (κ3) is 2.38. The van der Waals surface area contributed by atoms with Gasteiger partial charge in [-0.15, -0.1) is 0 Å². The Morgan fingerprint density at radius 1 is 1.40 bits per heavy atom. The number of carbonyl (C=O) groups is 1. The first kappa shape index (κ1) is 9.48. The molecule has 0 amide bonds. The topological polar surface area (TPSA) is 77.8 Å². The molecule has 0 saturated carbocycles. The number of aliphatic hydroxyl groups is 3. The Labute approximate surface area is 56.9 Å². The van der Waals surface area contributed by atoms with E-state index in [4.69, 9.17) is 15.3 Å². The Balaban J connectivity index is 3.82. The second kappa shape index (κ2) is 4.32. The van der Waals surface area contributed by atoms with Gasteiger partial charge in [0.15, 0.2) is 5.78 Å². The van der Waals surface area contributed by atoms with Crippen LogP contribution in [0.3, 0.4) is 0 Å². The normalized spacial score (nSPS) is 16.4. The van der Waals surface area contributed by atoms with Crippen LogP contribution in [0, 0.1) is 0 Å². The van der Waals surface area contributed by atoms with E-state index in [0.717, 1.165) is 0 Å². The van der Waals surface area contributed by atoms with E-state index in [-0.39, 0.29) is 0 Å². The van der Waals surface area contributed by atoms with Crippen LogP contribution < -0.4 is 0 Å². The van der Waals surface area contributed by atoms with Gasteiger partial charge in [-0.2, -0.15) is 0 Å². The highest BCUT2D eigenvalue weighted by atomic mass is 19.1. The minimum absolute atomic E-state index is 0.796. The average molecular weight is 152 g/mol. The monoisotopic (exact) mass is 152 g/mol. The summed E-state index contributed by atoms with van der Waals surface area (Å²) in [6.45, 7) is -2.04. The molecule has 0 aliphatic heterocycles. The summed E-state index contributed by atoms with van der Waals surface area (Å²) < 4.78 is 11.5. The molecule has 0 rings (SSSR count). The van der Waals surface area contributed by atoms with Gasteiger partial charge in [-0.25, -0.2) is 4.39 Å². The Kier molecular flexibility index (Phi) is 4.10. The number of rotatable bonds is 4. The molecule has 2 unspecified atom stereocenters. The van der Waals surface area contributed by atoms with E-state index in [9.17, 15) is 9.18 Å². The Morgan fingerprint density at radius 3 is 2.20 bits per heavy atom. The third-order valence-corrected chi connectivity index (χ3v) is 0.976. The van der Waals surface area contributed by atoms with Crippen molar-refractivity contribution in [1.29, 1.82) is 0 Å². The van der Waals surface area contributed by atoms with Crippen molar-refractivity contribution in [2.45, 2.75) is 12.2 Å². The minimum Gasteiger partial charge on any atom is -0.393 e. The Hall–Kier alpha value is -0.520. The van der Waals surface area contributed by atoms with E-state index in [1.54, 1.807) is 0 Å². The summed E-state index contributed by atoms with van der Waals surface area (Å²) in [6.07, 6.45) is -3.49. The molecule has 5 heteroatoms. The predicted molar refractivity (Wildman–Crippen MR) is 30.1 cm³/mol. The molecule has 0 aliphatic carbocycles. The maximum atomic E-state index is 11.5. The molecule has 0 saturated heterocycles. The van der Waals surface area contributed by atoms with Crippen molar-refractivity contribution in [3.63, 3.8) is 0 Å². The zero-order valence-corrected chi connectivity index (χ0v) is 5.20. The van der Waals surface area contributed by atoms with Crippen molar-refractivity contribution in [1.82, 2.24) is 0 Å².